The van der Waals surface area contributed by atoms with Gasteiger partial charge in [-0.2, -0.15) is 4.31 Å². The molecule has 1 aromatic rings. The van der Waals surface area contributed by atoms with E-state index in [0.29, 0.717) is 43.5 Å². The van der Waals surface area contributed by atoms with Gasteiger partial charge >= 0.3 is 0 Å². The van der Waals surface area contributed by atoms with Crippen LogP contribution >= 0.6 is 0 Å². The Kier molecular flexibility index (Phi) is 14.0. The summed E-state index contributed by atoms with van der Waals surface area (Å²) in [7, 11) is -1.97. The van der Waals surface area contributed by atoms with E-state index < -0.39 is 10.0 Å². The van der Waals surface area contributed by atoms with Crippen LogP contribution in [-0.4, -0.2) is 58.7 Å². The van der Waals surface area contributed by atoms with Gasteiger partial charge in [-0.05, 0) is 30.7 Å². The SMILES string of the molecule is CCCCCCCCCCCCCCOC[C@@H]1CNCCN1S(=O)(=O)c1ccc(OC)cc1. The fourth-order valence-corrected chi connectivity index (χ4v) is 5.96. The highest BCUT2D eigenvalue weighted by molar-refractivity contribution is 7.89. The van der Waals surface area contributed by atoms with Gasteiger partial charge in [-0.3, -0.25) is 0 Å². The largest absolute Gasteiger partial charge is 0.497 e. The quantitative estimate of drug-likeness (QED) is 0.285. The Labute approximate surface area is 202 Å². The van der Waals surface area contributed by atoms with Crippen LogP contribution in [0.15, 0.2) is 29.2 Å². The summed E-state index contributed by atoms with van der Waals surface area (Å²) in [6, 6.07) is 6.42. The predicted octanol–water partition coefficient (Wildman–Crippen LogP) is 5.38. The minimum absolute atomic E-state index is 0.178. The average Bonchev–Trinajstić information content (AvgIpc) is 2.84. The van der Waals surface area contributed by atoms with Crippen molar-refractivity contribution in [2.24, 2.45) is 0 Å². The second kappa shape index (κ2) is 16.5. The molecule has 1 atom stereocenters. The number of benzene rings is 1. The van der Waals surface area contributed by atoms with Crippen LogP contribution in [-0.2, 0) is 14.8 Å². The van der Waals surface area contributed by atoms with Crippen molar-refractivity contribution in [3.63, 3.8) is 0 Å². The number of piperazine rings is 1. The van der Waals surface area contributed by atoms with E-state index in [2.05, 4.69) is 12.2 Å². The van der Waals surface area contributed by atoms with E-state index in [0.717, 1.165) is 6.42 Å². The molecule has 0 aromatic heterocycles. The van der Waals surface area contributed by atoms with E-state index in [-0.39, 0.29) is 6.04 Å². The third kappa shape index (κ3) is 10.3. The van der Waals surface area contributed by atoms with Crippen LogP contribution < -0.4 is 10.1 Å². The highest BCUT2D eigenvalue weighted by atomic mass is 32.2. The lowest BCUT2D eigenvalue weighted by atomic mass is 10.1. The van der Waals surface area contributed by atoms with E-state index >= 15 is 0 Å². The number of sulfonamides is 1. The number of rotatable bonds is 18. The normalized spacial score (nSPS) is 17.3. The minimum Gasteiger partial charge on any atom is -0.497 e. The molecule has 7 heteroatoms. The van der Waals surface area contributed by atoms with Crippen LogP contribution in [0.5, 0.6) is 5.75 Å². The Morgan fingerprint density at radius 1 is 0.909 bits per heavy atom. The first-order valence-corrected chi connectivity index (χ1v) is 14.5. The minimum atomic E-state index is -3.55. The van der Waals surface area contributed by atoms with Crippen molar-refractivity contribution in [1.29, 1.82) is 0 Å². The number of nitrogens with zero attached hydrogens (tertiary/aromatic N) is 1. The highest BCUT2D eigenvalue weighted by Crippen LogP contribution is 2.22. The second-order valence-corrected chi connectivity index (χ2v) is 11.0. The molecule has 0 unspecified atom stereocenters. The van der Waals surface area contributed by atoms with Crippen molar-refractivity contribution in [1.82, 2.24) is 9.62 Å². The third-order valence-corrected chi connectivity index (χ3v) is 8.38. The molecule has 0 amide bonds. The molecule has 1 aliphatic rings. The molecule has 0 aliphatic carbocycles. The summed E-state index contributed by atoms with van der Waals surface area (Å²) in [6.07, 6.45) is 15.8. The van der Waals surface area contributed by atoms with Gasteiger partial charge in [0.05, 0.1) is 24.7 Å². The Bertz CT molecular complexity index is 724. The molecule has 1 aromatic carbocycles. The fourth-order valence-electron chi connectivity index (χ4n) is 4.35. The lowest BCUT2D eigenvalue weighted by Gasteiger charge is -2.35. The Morgan fingerprint density at radius 2 is 1.48 bits per heavy atom. The molecule has 6 nitrogen and oxygen atoms in total. The van der Waals surface area contributed by atoms with E-state index in [1.165, 1.54) is 70.6 Å². The van der Waals surface area contributed by atoms with Crippen molar-refractivity contribution in [2.75, 3.05) is 40.0 Å². The number of ether oxygens (including phenoxy) is 2. The van der Waals surface area contributed by atoms with Crippen LogP contribution in [0.1, 0.15) is 84.0 Å². The number of nitrogens with one attached hydrogen (secondary N) is 1. The Morgan fingerprint density at radius 3 is 2.06 bits per heavy atom. The van der Waals surface area contributed by atoms with Crippen molar-refractivity contribution in [2.45, 2.75) is 94.9 Å². The summed E-state index contributed by atoms with van der Waals surface area (Å²) >= 11 is 0. The Hall–Kier alpha value is -1.15. The molecule has 1 heterocycles. The molecular weight excluding hydrogens is 436 g/mol. The van der Waals surface area contributed by atoms with E-state index in [1.54, 1.807) is 35.7 Å². The first kappa shape index (κ1) is 28.1. The first-order valence-electron chi connectivity index (χ1n) is 13.0. The average molecular weight is 483 g/mol. The third-order valence-electron chi connectivity index (χ3n) is 6.41. The molecular formula is C26H46N2O4S. The summed E-state index contributed by atoms with van der Waals surface area (Å²) in [5, 5.41) is 3.30. The highest BCUT2D eigenvalue weighted by Gasteiger charge is 2.33. The molecule has 0 spiro atoms. The molecule has 33 heavy (non-hydrogen) atoms. The molecule has 0 bridgehead atoms. The monoisotopic (exact) mass is 482 g/mol. The van der Waals surface area contributed by atoms with Gasteiger partial charge in [0.15, 0.2) is 0 Å². The van der Waals surface area contributed by atoms with E-state index in [1.807, 2.05) is 0 Å². The first-order chi connectivity index (χ1) is 16.1. The zero-order valence-electron chi connectivity index (χ0n) is 20.9. The predicted molar refractivity (Wildman–Crippen MR) is 135 cm³/mol. The summed E-state index contributed by atoms with van der Waals surface area (Å²) in [4.78, 5) is 0.302. The molecule has 190 valence electrons. The van der Waals surface area contributed by atoms with E-state index in [9.17, 15) is 8.42 Å². The van der Waals surface area contributed by atoms with Crippen molar-refractivity contribution < 1.29 is 17.9 Å². The second-order valence-electron chi connectivity index (χ2n) is 9.11. The Balaban J connectivity index is 1.59. The maximum absolute atomic E-state index is 13.1. The summed E-state index contributed by atoms with van der Waals surface area (Å²) in [5.74, 6) is 0.650. The van der Waals surface area contributed by atoms with Crippen molar-refractivity contribution in [3.8, 4) is 5.75 Å². The number of hydrogen-bond acceptors (Lipinski definition) is 5. The fraction of sp³-hybridized carbons (Fsp3) is 0.769. The van der Waals surface area contributed by atoms with Crippen molar-refractivity contribution in [3.05, 3.63) is 24.3 Å². The lowest BCUT2D eigenvalue weighted by Crippen LogP contribution is -2.55. The molecule has 1 saturated heterocycles. The van der Waals surface area contributed by atoms with Gasteiger partial charge < -0.3 is 14.8 Å². The van der Waals surface area contributed by atoms with Gasteiger partial charge in [0.1, 0.15) is 5.75 Å². The van der Waals surface area contributed by atoms with Gasteiger partial charge in [-0.15, -0.1) is 0 Å². The zero-order chi connectivity index (χ0) is 23.8. The number of unbranched alkanes of at least 4 members (excludes halogenated alkanes) is 11. The van der Waals surface area contributed by atoms with Crippen LogP contribution in [0, 0.1) is 0 Å². The van der Waals surface area contributed by atoms with Gasteiger partial charge in [-0.25, -0.2) is 8.42 Å². The molecule has 1 fully saturated rings. The maximum atomic E-state index is 13.1. The summed E-state index contributed by atoms with van der Waals surface area (Å²) < 4.78 is 38.9. The van der Waals surface area contributed by atoms with E-state index in [4.69, 9.17) is 9.47 Å². The maximum Gasteiger partial charge on any atom is 0.243 e. The molecule has 1 aliphatic heterocycles. The van der Waals surface area contributed by atoms with Gasteiger partial charge in [0.2, 0.25) is 10.0 Å². The molecule has 1 N–H and O–H groups in total. The van der Waals surface area contributed by atoms with Crippen molar-refractivity contribution >= 4 is 10.0 Å². The molecule has 0 radical (unpaired) electrons. The van der Waals surface area contributed by atoms with Gasteiger partial charge in [0, 0.05) is 26.2 Å². The van der Waals surface area contributed by atoms with Crippen LogP contribution in [0.4, 0.5) is 0 Å². The topological polar surface area (TPSA) is 67.9 Å². The van der Waals surface area contributed by atoms with Gasteiger partial charge in [0.25, 0.3) is 0 Å². The van der Waals surface area contributed by atoms with Gasteiger partial charge in [-0.1, -0.05) is 77.6 Å². The van der Waals surface area contributed by atoms with Crippen LogP contribution in [0.25, 0.3) is 0 Å². The zero-order valence-corrected chi connectivity index (χ0v) is 21.7. The van der Waals surface area contributed by atoms with Crippen LogP contribution in [0.3, 0.4) is 0 Å². The molecule has 2 rings (SSSR count). The van der Waals surface area contributed by atoms with Crippen LogP contribution in [0.2, 0.25) is 0 Å². The number of methoxy groups -OCH3 is 1. The lowest BCUT2D eigenvalue weighted by molar-refractivity contribution is 0.0773. The summed E-state index contributed by atoms with van der Waals surface area (Å²) in [6.45, 7) is 5.13. The summed E-state index contributed by atoms with van der Waals surface area (Å²) in [5.41, 5.74) is 0. The number of hydrogen-bond donors (Lipinski definition) is 1. The molecule has 0 saturated carbocycles. The standard InChI is InChI=1S/C26H46N2O4S/c1-3-4-5-6-7-8-9-10-11-12-13-14-21-32-23-24-22-27-19-20-28(24)33(29,30)26-17-15-25(31-2)16-18-26/h15-18,24,27H,3-14,19-23H2,1-2H3/t24-/m0/s1. The smallest absolute Gasteiger partial charge is 0.243 e.